The number of aromatic hydroxyl groups is 1. The fourth-order valence-corrected chi connectivity index (χ4v) is 2.40. The van der Waals surface area contributed by atoms with E-state index in [0.717, 1.165) is 5.56 Å². The quantitative estimate of drug-likeness (QED) is 0.734. The van der Waals surface area contributed by atoms with Gasteiger partial charge in [-0.1, -0.05) is 48.5 Å². The second-order valence-corrected chi connectivity index (χ2v) is 5.23. The van der Waals surface area contributed by atoms with E-state index >= 15 is 0 Å². The van der Waals surface area contributed by atoms with Gasteiger partial charge in [-0.25, -0.2) is 0 Å². The van der Waals surface area contributed by atoms with Crippen LogP contribution in [0.25, 0.3) is 0 Å². The minimum absolute atomic E-state index is 0.0783. The first-order valence-electron chi connectivity index (χ1n) is 7.40. The average Bonchev–Trinajstić information content (AvgIpc) is 2.54. The maximum atomic E-state index is 12.0. The molecule has 0 heterocycles. The van der Waals surface area contributed by atoms with Crippen molar-refractivity contribution in [3.63, 3.8) is 0 Å². The van der Waals surface area contributed by atoms with Gasteiger partial charge in [0.05, 0.1) is 6.42 Å². The van der Waals surface area contributed by atoms with Crippen LogP contribution in [0, 0.1) is 0 Å². The Morgan fingerprint density at radius 3 is 2.41 bits per heavy atom. The van der Waals surface area contributed by atoms with Crippen molar-refractivity contribution in [1.82, 2.24) is 5.32 Å². The summed E-state index contributed by atoms with van der Waals surface area (Å²) in [5, 5.41) is 21.8. The molecule has 2 rings (SSSR count). The van der Waals surface area contributed by atoms with Crippen LogP contribution >= 0.6 is 0 Å². The summed E-state index contributed by atoms with van der Waals surface area (Å²) in [6.07, 6.45) is 0.744. The Labute approximate surface area is 130 Å². The molecule has 2 aromatic rings. The molecule has 3 N–H and O–H groups in total. The first-order chi connectivity index (χ1) is 10.7. The molecular weight excluding hydrogens is 278 g/mol. The smallest absolute Gasteiger partial charge is 0.224 e. The zero-order valence-electron chi connectivity index (χ0n) is 12.4. The zero-order chi connectivity index (χ0) is 15.8. The topological polar surface area (TPSA) is 69.6 Å². The Morgan fingerprint density at radius 1 is 1.05 bits per heavy atom. The minimum atomic E-state index is -0.139. The number of para-hydroxylation sites is 1. The van der Waals surface area contributed by atoms with Gasteiger partial charge in [-0.2, -0.15) is 0 Å². The van der Waals surface area contributed by atoms with E-state index in [1.54, 1.807) is 24.3 Å². The first kappa shape index (κ1) is 16.0. The van der Waals surface area contributed by atoms with E-state index in [2.05, 4.69) is 5.32 Å². The number of benzene rings is 2. The highest BCUT2D eigenvalue weighted by atomic mass is 16.3. The second-order valence-electron chi connectivity index (χ2n) is 5.23. The fraction of sp³-hybridized carbons (Fsp3) is 0.278. The van der Waals surface area contributed by atoms with Crippen molar-refractivity contribution >= 4 is 5.91 Å². The molecule has 0 spiro atoms. The van der Waals surface area contributed by atoms with E-state index < -0.39 is 0 Å². The lowest BCUT2D eigenvalue weighted by molar-refractivity contribution is -0.120. The van der Waals surface area contributed by atoms with Crippen molar-refractivity contribution in [2.24, 2.45) is 0 Å². The summed E-state index contributed by atoms with van der Waals surface area (Å²) in [6, 6.07) is 16.6. The molecule has 0 saturated heterocycles. The van der Waals surface area contributed by atoms with Crippen LogP contribution in [-0.4, -0.2) is 29.3 Å². The number of hydrogen-bond acceptors (Lipinski definition) is 3. The van der Waals surface area contributed by atoms with Gasteiger partial charge in [-0.3, -0.25) is 4.79 Å². The van der Waals surface area contributed by atoms with Gasteiger partial charge < -0.3 is 15.5 Å². The molecule has 1 atom stereocenters. The van der Waals surface area contributed by atoms with Crippen LogP contribution in [0.1, 0.15) is 23.5 Å². The Balaban J connectivity index is 1.92. The molecule has 0 fully saturated rings. The monoisotopic (exact) mass is 299 g/mol. The first-order valence-corrected chi connectivity index (χ1v) is 7.40. The van der Waals surface area contributed by atoms with Crippen LogP contribution < -0.4 is 5.32 Å². The number of phenolic OH excluding ortho intramolecular Hbond substituents is 1. The Morgan fingerprint density at radius 2 is 1.73 bits per heavy atom. The van der Waals surface area contributed by atoms with Gasteiger partial charge >= 0.3 is 0 Å². The van der Waals surface area contributed by atoms with E-state index in [0.29, 0.717) is 18.5 Å². The highest BCUT2D eigenvalue weighted by Gasteiger charge is 2.13. The molecule has 0 aromatic heterocycles. The second kappa shape index (κ2) is 8.20. The number of phenols is 1. The molecule has 0 aliphatic carbocycles. The van der Waals surface area contributed by atoms with Crippen LogP contribution in [0.5, 0.6) is 5.75 Å². The number of hydrogen-bond donors (Lipinski definition) is 3. The van der Waals surface area contributed by atoms with Crippen LogP contribution in [0.3, 0.4) is 0 Å². The van der Waals surface area contributed by atoms with Crippen molar-refractivity contribution < 1.29 is 15.0 Å². The molecule has 4 nitrogen and oxygen atoms in total. The van der Waals surface area contributed by atoms with E-state index in [1.165, 1.54) is 0 Å². The molecule has 22 heavy (non-hydrogen) atoms. The van der Waals surface area contributed by atoms with Gasteiger partial charge in [0.1, 0.15) is 5.75 Å². The summed E-state index contributed by atoms with van der Waals surface area (Å²) in [7, 11) is 0. The number of aliphatic hydroxyl groups is 1. The number of carbonyl (C=O) groups is 1. The predicted molar refractivity (Wildman–Crippen MR) is 85.7 cm³/mol. The molecule has 0 aliphatic rings. The summed E-state index contributed by atoms with van der Waals surface area (Å²) in [5.41, 5.74) is 1.71. The molecule has 2 aromatic carbocycles. The summed E-state index contributed by atoms with van der Waals surface area (Å²) < 4.78 is 0. The average molecular weight is 299 g/mol. The van der Waals surface area contributed by atoms with Crippen molar-refractivity contribution in [3.05, 3.63) is 65.7 Å². The summed E-state index contributed by atoms with van der Waals surface area (Å²) in [5.74, 6) is 0.0764. The third kappa shape index (κ3) is 4.60. The Bertz CT molecular complexity index is 598. The van der Waals surface area contributed by atoms with Gasteiger partial charge in [0, 0.05) is 24.6 Å². The molecular formula is C18H21NO3. The fourth-order valence-electron chi connectivity index (χ4n) is 2.40. The number of amides is 1. The molecule has 0 aliphatic heterocycles. The SMILES string of the molecule is O=C(Cc1ccccc1O)NCC(CCO)c1ccccc1. The maximum absolute atomic E-state index is 12.0. The Kier molecular flexibility index (Phi) is 5.98. The molecule has 0 saturated carbocycles. The van der Waals surface area contributed by atoms with Gasteiger partial charge in [0.2, 0.25) is 5.91 Å². The van der Waals surface area contributed by atoms with E-state index in [-0.39, 0.29) is 30.6 Å². The van der Waals surface area contributed by atoms with Crippen molar-refractivity contribution in [2.45, 2.75) is 18.8 Å². The standard InChI is InChI=1S/C18H21NO3/c20-11-10-16(14-6-2-1-3-7-14)13-19-18(22)12-15-8-4-5-9-17(15)21/h1-9,16,20-21H,10-13H2,(H,19,22). The van der Waals surface area contributed by atoms with Gasteiger partial charge in [0.25, 0.3) is 0 Å². The van der Waals surface area contributed by atoms with Crippen LogP contribution in [-0.2, 0) is 11.2 Å². The predicted octanol–water partition coefficient (Wildman–Crippen LogP) is 2.22. The number of carbonyl (C=O) groups excluding carboxylic acids is 1. The van der Waals surface area contributed by atoms with Crippen LogP contribution in [0.4, 0.5) is 0 Å². The highest BCUT2D eigenvalue weighted by molar-refractivity contribution is 5.79. The highest BCUT2D eigenvalue weighted by Crippen LogP contribution is 2.19. The molecule has 1 amide bonds. The van der Waals surface area contributed by atoms with E-state index in [9.17, 15) is 15.0 Å². The molecule has 1 unspecified atom stereocenters. The van der Waals surface area contributed by atoms with E-state index in [1.807, 2.05) is 30.3 Å². The molecule has 0 bridgehead atoms. The van der Waals surface area contributed by atoms with Crippen molar-refractivity contribution in [1.29, 1.82) is 0 Å². The number of rotatable bonds is 7. The molecule has 0 radical (unpaired) electrons. The number of nitrogens with one attached hydrogen (secondary N) is 1. The van der Waals surface area contributed by atoms with Gasteiger partial charge in [0.15, 0.2) is 0 Å². The molecule has 116 valence electrons. The summed E-state index contributed by atoms with van der Waals surface area (Å²) >= 11 is 0. The Hall–Kier alpha value is -2.33. The van der Waals surface area contributed by atoms with Crippen LogP contribution in [0.15, 0.2) is 54.6 Å². The largest absolute Gasteiger partial charge is 0.508 e. The third-order valence-electron chi connectivity index (χ3n) is 3.64. The maximum Gasteiger partial charge on any atom is 0.224 e. The lowest BCUT2D eigenvalue weighted by atomic mass is 9.96. The zero-order valence-corrected chi connectivity index (χ0v) is 12.4. The minimum Gasteiger partial charge on any atom is -0.508 e. The van der Waals surface area contributed by atoms with Crippen LogP contribution in [0.2, 0.25) is 0 Å². The summed E-state index contributed by atoms with van der Waals surface area (Å²) in [6.45, 7) is 0.548. The van der Waals surface area contributed by atoms with Crippen molar-refractivity contribution in [2.75, 3.05) is 13.2 Å². The summed E-state index contributed by atoms with van der Waals surface area (Å²) in [4.78, 5) is 12.0. The third-order valence-corrected chi connectivity index (χ3v) is 3.64. The van der Waals surface area contributed by atoms with Crippen molar-refractivity contribution in [3.8, 4) is 5.75 Å². The normalized spacial score (nSPS) is 11.9. The lowest BCUT2D eigenvalue weighted by Gasteiger charge is -2.17. The number of aliphatic hydroxyl groups excluding tert-OH is 1. The van der Waals surface area contributed by atoms with Gasteiger partial charge in [-0.15, -0.1) is 0 Å². The lowest BCUT2D eigenvalue weighted by Crippen LogP contribution is -2.30. The molecule has 4 heteroatoms. The van der Waals surface area contributed by atoms with Gasteiger partial charge in [-0.05, 0) is 18.1 Å². The van der Waals surface area contributed by atoms with E-state index in [4.69, 9.17) is 0 Å².